The third-order valence-corrected chi connectivity index (χ3v) is 3.34. The van der Waals surface area contributed by atoms with Crippen molar-refractivity contribution >= 4 is 21.7 Å². The number of halogens is 3. The largest absolute Gasteiger partial charge is 0.294 e. The highest BCUT2D eigenvalue weighted by Crippen LogP contribution is 2.18. The van der Waals surface area contributed by atoms with Gasteiger partial charge < -0.3 is 0 Å². The lowest BCUT2D eigenvalue weighted by Crippen LogP contribution is -2.06. The maximum Gasteiger partial charge on any atom is 0.167 e. The zero-order valence-electron chi connectivity index (χ0n) is 10.2. The smallest absolute Gasteiger partial charge is 0.167 e. The number of ketones is 1. The van der Waals surface area contributed by atoms with Gasteiger partial charge in [-0.3, -0.25) is 4.79 Å². The Balaban J connectivity index is 2.25. The number of aryl methyl sites for hydroxylation is 1. The molecule has 2 aromatic carbocycles. The van der Waals surface area contributed by atoms with Crippen LogP contribution in [0.4, 0.5) is 8.78 Å². The maximum absolute atomic E-state index is 13.1. The summed E-state index contributed by atoms with van der Waals surface area (Å²) in [6.07, 6.45) is 0.0501. The Bertz CT molecular complexity index is 638. The second kappa shape index (κ2) is 5.61. The van der Waals surface area contributed by atoms with Crippen LogP contribution >= 0.6 is 15.9 Å². The molecule has 0 aliphatic carbocycles. The van der Waals surface area contributed by atoms with E-state index in [1.54, 1.807) is 6.07 Å². The molecule has 2 aromatic rings. The van der Waals surface area contributed by atoms with Crippen molar-refractivity contribution in [2.45, 2.75) is 13.3 Å². The molecule has 19 heavy (non-hydrogen) atoms. The van der Waals surface area contributed by atoms with Gasteiger partial charge in [0, 0.05) is 16.5 Å². The molecular formula is C15H11BrF2O. The predicted octanol–water partition coefficient (Wildman–Crippen LogP) is 4.46. The number of carbonyl (C=O) groups excluding carboxylic acids is 1. The summed E-state index contributed by atoms with van der Waals surface area (Å²) in [6, 6.07) is 8.93. The highest BCUT2D eigenvalue weighted by Gasteiger charge is 2.12. The Hall–Kier alpha value is -1.55. The molecule has 0 saturated heterocycles. The molecule has 1 nitrogen and oxygen atoms in total. The average molecular weight is 325 g/mol. The van der Waals surface area contributed by atoms with Gasteiger partial charge in [-0.1, -0.05) is 28.1 Å². The van der Waals surface area contributed by atoms with E-state index in [0.29, 0.717) is 11.1 Å². The minimum atomic E-state index is -0.934. The van der Waals surface area contributed by atoms with Crippen LogP contribution in [0.5, 0.6) is 0 Å². The Morgan fingerprint density at radius 2 is 1.84 bits per heavy atom. The van der Waals surface area contributed by atoms with Gasteiger partial charge in [-0.05, 0) is 42.3 Å². The van der Waals surface area contributed by atoms with Gasteiger partial charge in [0.25, 0.3) is 0 Å². The van der Waals surface area contributed by atoms with E-state index in [1.165, 1.54) is 6.07 Å². The van der Waals surface area contributed by atoms with E-state index in [2.05, 4.69) is 15.9 Å². The Kier molecular flexibility index (Phi) is 4.10. The molecule has 2 rings (SSSR count). The summed E-state index contributed by atoms with van der Waals surface area (Å²) in [7, 11) is 0. The molecule has 0 bridgehead atoms. The summed E-state index contributed by atoms with van der Waals surface area (Å²) >= 11 is 3.31. The van der Waals surface area contributed by atoms with E-state index < -0.39 is 11.6 Å². The molecule has 0 heterocycles. The molecule has 0 atom stereocenters. The van der Waals surface area contributed by atoms with Crippen LogP contribution < -0.4 is 0 Å². The van der Waals surface area contributed by atoms with Crippen molar-refractivity contribution in [2.24, 2.45) is 0 Å². The SMILES string of the molecule is Cc1ccc(Br)cc1C(=O)Cc1ccc(F)c(F)c1. The van der Waals surface area contributed by atoms with E-state index in [9.17, 15) is 13.6 Å². The zero-order chi connectivity index (χ0) is 14.0. The minimum absolute atomic E-state index is 0.0501. The molecule has 0 saturated carbocycles. The van der Waals surface area contributed by atoms with Gasteiger partial charge in [-0.15, -0.1) is 0 Å². The third kappa shape index (κ3) is 3.26. The van der Waals surface area contributed by atoms with Crippen LogP contribution in [0.1, 0.15) is 21.5 Å². The van der Waals surface area contributed by atoms with E-state index >= 15 is 0 Å². The van der Waals surface area contributed by atoms with Crippen molar-refractivity contribution in [3.05, 3.63) is 69.2 Å². The van der Waals surface area contributed by atoms with Crippen LogP contribution in [0.25, 0.3) is 0 Å². The van der Waals surface area contributed by atoms with Gasteiger partial charge in [-0.25, -0.2) is 8.78 Å². The summed E-state index contributed by atoms with van der Waals surface area (Å²) in [4.78, 5) is 12.1. The number of benzene rings is 2. The summed E-state index contributed by atoms with van der Waals surface area (Å²) < 4.78 is 26.7. The molecule has 0 radical (unpaired) electrons. The Labute approximate surface area is 118 Å². The normalized spacial score (nSPS) is 10.5. The highest BCUT2D eigenvalue weighted by atomic mass is 79.9. The standard InChI is InChI=1S/C15H11BrF2O/c1-9-2-4-11(16)8-12(9)15(19)7-10-3-5-13(17)14(18)6-10/h2-6,8H,7H2,1H3. The average Bonchev–Trinajstić information content (AvgIpc) is 2.36. The molecule has 0 fully saturated rings. The fourth-order valence-electron chi connectivity index (χ4n) is 1.82. The molecule has 0 spiro atoms. The van der Waals surface area contributed by atoms with Crippen LogP contribution in [0, 0.1) is 18.6 Å². The molecule has 0 aliphatic heterocycles. The first-order valence-electron chi connectivity index (χ1n) is 5.70. The maximum atomic E-state index is 13.1. The Morgan fingerprint density at radius 3 is 2.53 bits per heavy atom. The second-order valence-corrected chi connectivity index (χ2v) is 5.22. The van der Waals surface area contributed by atoms with E-state index in [0.717, 1.165) is 22.2 Å². The van der Waals surface area contributed by atoms with Crippen LogP contribution in [0.15, 0.2) is 40.9 Å². The number of hydrogen-bond donors (Lipinski definition) is 0. The van der Waals surface area contributed by atoms with Gasteiger partial charge in [0.2, 0.25) is 0 Å². The van der Waals surface area contributed by atoms with Crippen molar-refractivity contribution in [2.75, 3.05) is 0 Å². The molecular weight excluding hydrogens is 314 g/mol. The zero-order valence-corrected chi connectivity index (χ0v) is 11.8. The van der Waals surface area contributed by atoms with E-state index in [-0.39, 0.29) is 12.2 Å². The van der Waals surface area contributed by atoms with E-state index in [4.69, 9.17) is 0 Å². The summed E-state index contributed by atoms with van der Waals surface area (Å²) in [5.41, 5.74) is 1.90. The summed E-state index contributed by atoms with van der Waals surface area (Å²) in [5.74, 6) is -1.96. The lowest BCUT2D eigenvalue weighted by Gasteiger charge is -2.06. The number of Topliss-reactive ketones (excluding diaryl/α,β-unsaturated/α-hetero) is 1. The summed E-state index contributed by atoms with van der Waals surface area (Å²) in [6.45, 7) is 1.84. The van der Waals surface area contributed by atoms with Gasteiger partial charge >= 0.3 is 0 Å². The van der Waals surface area contributed by atoms with Crippen molar-refractivity contribution < 1.29 is 13.6 Å². The highest BCUT2D eigenvalue weighted by molar-refractivity contribution is 9.10. The number of carbonyl (C=O) groups is 1. The third-order valence-electron chi connectivity index (χ3n) is 2.85. The van der Waals surface area contributed by atoms with Crippen molar-refractivity contribution in [3.63, 3.8) is 0 Å². The van der Waals surface area contributed by atoms with Crippen LogP contribution in [0.2, 0.25) is 0 Å². The quantitative estimate of drug-likeness (QED) is 0.762. The summed E-state index contributed by atoms with van der Waals surface area (Å²) in [5, 5.41) is 0. The van der Waals surface area contributed by atoms with Crippen LogP contribution in [-0.4, -0.2) is 5.78 Å². The first kappa shape index (κ1) is 13.9. The molecule has 0 N–H and O–H groups in total. The fourth-order valence-corrected chi connectivity index (χ4v) is 2.19. The van der Waals surface area contributed by atoms with Gasteiger partial charge in [0.15, 0.2) is 17.4 Å². The van der Waals surface area contributed by atoms with Gasteiger partial charge in [-0.2, -0.15) is 0 Å². The Morgan fingerprint density at radius 1 is 1.11 bits per heavy atom. The second-order valence-electron chi connectivity index (χ2n) is 4.31. The lowest BCUT2D eigenvalue weighted by atomic mass is 9.99. The fraction of sp³-hybridized carbons (Fsp3) is 0.133. The van der Waals surface area contributed by atoms with Crippen molar-refractivity contribution in [1.29, 1.82) is 0 Å². The van der Waals surface area contributed by atoms with E-state index in [1.807, 2.05) is 19.1 Å². The predicted molar refractivity (Wildman–Crippen MR) is 73.3 cm³/mol. The van der Waals surface area contributed by atoms with Crippen LogP contribution in [0.3, 0.4) is 0 Å². The molecule has 98 valence electrons. The minimum Gasteiger partial charge on any atom is -0.294 e. The number of rotatable bonds is 3. The molecule has 4 heteroatoms. The van der Waals surface area contributed by atoms with Crippen molar-refractivity contribution in [1.82, 2.24) is 0 Å². The molecule has 0 amide bonds. The van der Waals surface area contributed by atoms with Gasteiger partial charge in [0.05, 0.1) is 0 Å². The lowest BCUT2D eigenvalue weighted by molar-refractivity contribution is 0.0992. The molecule has 0 unspecified atom stereocenters. The van der Waals surface area contributed by atoms with Crippen molar-refractivity contribution in [3.8, 4) is 0 Å². The first-order valence-corrected chi connectivity index (χ1v) is 6.50. The van der Waals surface area contributed by atoms with Gasteiger partial charge in [0.1, 0.15) is 0 Å². The first-order chi connectivity index (χ1) is 8.97. The molecule has 0 aromatic heterocycles. The van der Waals surface area contributed by atoms with Crippen LogP contribution in [-0.2, 0) is 6.42 Å². The monoisotopic (exact) mass is 324 g/mol. The molecule has 0 aliphatic rings. The topological polar surface area (TPSA) is 17.1 Å². The number of hydrogen-bond acceptors (Lipinski definition) is 1.